The number of esters is 4. The molecule has 0 aliphatic rings. The molecule has 0 aromatic rings. The van der Waals surface area contributed by atoms with Crippen LogP contribution >= 0.6 is 15.6 Å². The van der Waals surface area contributed by atoms with Gasteiger partial charge in [-0.3, -0.25) is 37.3 Å². The summed E-state index contributed by atoms with van der Waals surface area (Å²) in [6.07, 6.45) is 58.0. The smallest absolute Gasteiger partial charge is 0.462 e. The number of phosphoric acid groups is 2. The van der Waals surface area contributed by atoms with Crippen LogP contribution in [0.25, 0.3) is 0 Å². The minimum absolute atomic E-state index is 0.101. The van der Waals surface area contributed by atoms with Crippen molar-refractivity contribution in [2.24, 2.45) is 11.8 Å². The first-order valence-electron chi connectivity index (χ1n) is 38.8. The van der Waals surface area contributed by atoms with Crippen molar-refractivity contribution >= 4 is 39.5 Å². The van der Waals surface area contributed by atoms with E-state index >= 15 is 0 Å². The van der Waals surface area contributed by atoms with Crippen molar-refractivity contribution in [3.63, 3.8) is 0 Å². The third-order valence-electron chi connectivity index (χ3n) is 17.4. The minimum atomic E-state index is -4.96. The second-order valence-electron chi connectivity index (χ2n) is 27.4. The fourth-order valence-electron chi connectivity index (χ4n) is 11.1. The summed E-state index contributed by atoms with van der Waals surface area (Å²) in [5.74, 6) is -0.589. The van der Waals surface area contributed by atoms with Gasteiger partial charge in [0.15, 0.2) is 12.2 Å². The molecule has 0 saturated heterocycles. The van der Waals surface area contributed by atoms with Crippen LogP contribution < -0.4 is 0 Å². The largest absolute Gasteiger partial charge is 0.472 e. The van der Waals surface area contributed by atoms with Gasteiger partial charge in [-0.25, -0.2) is 9.13 Å². The quantitative estimate of drug-likeness (QED) is 0.0169. The molecule has 3 N–H and O–H groups in total. The monoisotopic (exact) mass is 1390 g/mol. The summed E-state index contributed by atoms with van der Waals surface area (Å²) in [5.41, 5.74) is 0. The molecule has 0 bridgehead atoms. The van der Waals surface area contributed by atoms with Crippen molar-refractivity contribution in [1.29, 1.82) is 0 Å². The van der Waals surface area contributed by atoms with E-state index in [9.17, 15) is 43.2 Å². The molecule has 0 radical (unpaired) electrons. The molecule has 0 aliphatic carbocycles. The molecule has 0 heterocycles. The SMILES string of the molecule is CCCCCC/C=C\C=C/CCCCCCCC(=O)OC[C@H](COP(=O)(O)OC[C@@H](O)COP(=O)(O)OC[C@@H](COC(=O)CCCCCCCCCC)OC(=O)CCCCCCCCCC(C)C)OC(=O)CCCCCCCCCCCCCCCCCCCCC(C)CC. The molecule has 0 fully saturated rings. The van der Waals surface area contributed by atoms with Crippen LogP contribution in [0, 0.1) is 11.8 Å². The molecule has 0 saturated carbocycles. The molecule has 560 valence electrons. The van der Waals surface area contributed by atoms with E-state index in [0.29, 0.717) is 31.6 Å². The average Bonchev–Trinajstić information content (AvgIpc) is 2.52. The van der Waals surface area contributed by atoms with Gasteiger partial charge in [-0.1, -0.05) is 316 Å². The summed E-state index contributed by atoms with van der Waals surface area (Å²) in [5, 5.41) is 10.6. The summed E-state index contributed by atoms with van der Waals surface area (Å²) in [6, 6.07) is 0. The lowest BCUT2D eigenvalue weighted by Crippen LogP contribution is -2.30. The van der Waals surface area contributed by atoms with Crippen LogP contribution in [0.15, 0.2) is 24.3 Å². The Kier molecular flexibility index (Phi) is 65.6. The topological polar surface area (TPSA) is 237 Å². The Bertz CT molecular complexity index is 1930. The lowest BCUT2D eigenvalue weighted by Gasteiger charge is -2.21. The zero-order valence-corrected chi connectivity index (χ0v) is 63.2. The Morgan fingerprint density at radius 1 is 0.347 bits per heavy atom. The molecule has 95 heavy (non-hydrogen) atoms. The van der Waals surface area contributed by atoms with Gasteiger partial charge in [0.05, 0.1) is 26.4 Å². The number of allylic oxidation sites excluding steroid dienone is 4. The Morgan fingerprint density at radius 2 is 0.621 bits per heavy atom. The van der Waals surface area contributed by atoms with Crippen LogP contribution in [0.3, 0.4) is 0 Å². The van der Waals surface area contributed by atoms with Gasteiger partial charge in [0, 0.05) is 25.7 Å². The number of unbranched alkanes of at least 4 members (excludes halogenated alkanes) is 39. The zero-order valence-electron chi connectivity index (χ0n) is 61.5. The van der Waals surface area contributed by atoms with E-state index in [0.717, 1.165) is 121 Å². The van der Waals surface area contributed by atoms with Crippen LogP contribution in [-0.4, -0.2) is 96.7 Å². The first-order chi connectivity index (χ1) is 45.9. The van der Waals surface area contributed by atoms with Gasteiger partial charge in [0.25, 0.3) is 0 Å². The summed E-state index contributed by atoms with van der Waals surface area (Å²) >= 11 is 0. The van der Waals surface area contributed by atoms with E-state index in [1.807, 2.05) is 0 Å². The van der Waals surface area contributed by atoms with Gasteiger partial charge < -0.3 is 33.8 Å². The van der Waals surface area contributed by atoms with E-state index < -0.39 is 97.5 Å². The van der Waals surface area contributed by atoms with Gasteiger partial charge >= 0.3 is 39.5 Å². The number of ether oxygens (including phenoxy) is 4. The first-order valence-corrected chi connectivity index (χ1v) is 41.8. The first kappa shape index (κ1) is 92.5. The number of carbonyl (C=O) groups is 4. The van der Waals surface area contributed by atoms with Crippen LogP contribution in [0.2, 0.25) is 0 Å². The fraction of sp³-hybridized carbons (Fsp3) is 0.895. The number of hydrogen-bond acceptors (Lipinski definition) is 15. The van der Waals surface area contributed by atoms with Crippen molar-refractivity contribution in [3.05, 3.63) is 24.3 Å². The molecule has 19 heteroatoms. The lowest BCUT2D eigenvalue weighted by molar-refractivity contribution is -0.161. The predicted octanol–water partition coefficient (Wildman–Crippen LogP) is 21.9. The normalized spacial score (nSPS) is 14.5. The number of hydrogen-bond donors (Lipinski definition) is 3. The van der Waals surface area contributed by atoms with Crippen LogP contribution in [0.4, 0.5) is 0 Å². The lowest BCUT2D eigenvalue weighted by atomic mass is 9.99. The zero-order chi connectivity index (χ0) is 70.0. The highest BCUT2D eigenvalue weighted by molar-refractivity contribution is 7.47. The summed E-state index contributed by atoms with van der Waals surface area (Å²) in [6.45, 7) is 9.49. The average molecular weight is 1390 g/mol. The van der Waals surface area contributed by atoms with E-state index in [1.54, 1.807) is 0 Å². The van der Waals surface area contributed by atoms with Crippen LogP contribution in [-0.2, 0) is 65.4 Å². The predicted molar refractivity (Wildman–Crippen MR) is 386 cm³/mol. The fourth-order valence-corrected chi connectivity index (χ4v) is 12.7. The Labute approximate surface area is 580 Å². The van der Waals surface area contributed by atoms with Gasteiger partial charge in [0.2, 0.25) is 0 Å². The molecular formula is C76H144O17P2. The molecule has 0 aliphatic heterocycles. The second kappa shape index (κ2) is 67.4. The highest BCUT2D eigenvalue weighted by Crippen LogP contribution is 2.45. The van der Waals surface area contributed by atoms with Crippen molar-refractivity contribution in [2.75, 3.05) is 39.6 Å². The number of rotatable bonds is 73. The summed E-state index contributed by atoms with van der Waals surface area (Å²) in [7, 11) is -9.92. The molecule has 0 rings (SSSR count). The Morgan fingerprint density at radius 3 is 0.947 bits per heavy atom. The standard InChI is InChI=1S/C76H144O17P2/c1-7-10-12-14-16-18-19-20-25-29-32-35-41-47-53-59-74(79)87-65-71(92-75(80)60-54-48-42-36-33-30-27-24-22-21-23-26-28-31-34-39-45-51-57-69(6)9-3)66-90-94(82,83)88-62-70(77)63-89-95(84,85)91-67-72(64-86-73(78)58-52-46-40-17-15-13-11-8-2)93-76(81)61-55-49-43-37-38-44-50-56-68(4)5/h18-20,25,68-72,77H,7-17,21-24,26-67H2,1-6H3,(H,82,83)(H,84,85)/b19-18-,25-20-/t69?,70-,71-,72-/m1/s1. The maximum atomic E-state index is 13.1. The van der Waals surface area contributed by atoms with Crippen molar-refractivity contribution in [2.45, 2.75) is 387 Å². The summed E-state index contributed by atoms with van der Waals surface area (Å²) in [4.78, 5) is 72.6. The number of aliphatic hydroxyl groups is 1. The maximum absolute atomic E-state index is 13.1. The molecular weight excluding hydrogens is 1250 g/mol. The Hall–Kier alpha value is -2.46. The third-order valence-corrected chi connectivity index (χ3v) is 19.3. The van der Waals surface area contributed by atoms with Gasteiger partial charge in [-0.05, 0) is 63.2 Å². The highest BCUT2D eigenvalue weighted by Gasteiger charge is 2.30. The molecule has 17 nitrogen and oxygen atoms in total. The Balaban J connectivity index is 5.20. The molecule has 0 aromatic carbocycles. The molecule has 0 spiro atoms. The van der Waals surface area contributed by atoms with E-state index in [2.05, 4.69) is 65.8 Å². The number of carbonyl (C=O) groups excluding carboxylic acids is 4. The highest BCUT2D eigenvalue weighted by atomic mass is 31.2. The van der Waals surface area contributed by atoms with Crippen molar-refractivity contribution in [1.82, 2.24) is 0 Å². The maximum Gasteiger partial charge on any atom is 0.472 e. The number of phosphoric ester groups is 2. The summed E-state index contributed by atoms with van der Waals surface area (Å²) < 4.78 is 68.3. The van der Waals surface area contributed by atoms with Gasteiger partial charge in [-0.15, -0.1) is 0 Å². The van der Waals surface area contributed by atoms with E-state index in [1.165, 1.54) is 161 Å². The number of aliphatic hydroxyl groups excluding tert-OH is 1. The third kappa shape index (κ3) is 68.5. The second-order valence-corrected chi connectivity index (χ2v) is 30.3. The van der Waals surface area contributed by atoms with Gasteiger partial charge in [-0.2, -0.15) is 0 Å². The molecule has 0 amide bonds. The van der Waals surface area contributed by atoms with Crippen LogP contribution in [0.1, 0.15) is 369 Å². The van der Waals surface area contributed by atoms with E-state index in [4.69, 9.17) is 37.0 Å². The van der Waals surface area contributed by atoms with Crippen LogP contribution in [0.5, 0.6) is 0 Å². The molecule has 0 aromatic heterocycles. The van der Waals surface area contributed by atoms with Crippen molar-refractivity contribution in [3.8, 4) is 0 Å². The van der Waals surface area contributed by atoms with E-state index in [-0.39, 0.29) is 25.7 Å². The minimum Gasteiger partial charge on any atom is -0.462 e. The molecule has 6 atom stereocenters. The van der Waals surface area contributed by atoms with Crippen molar-refractivity contribution < 1.29 is 80.2 Å². The van der Waals surface area contributed by atoms with Gasteiger partial charge in [0.1, 0.15) is 19.3 Å². The molecule has 3 unspecified atom stereocenters.